The molecule has 1 aliphatic carbocycles. The van der Waals surface area contributed by atoms with Crippen LogP contribution in [0, 0.1) is 5.92 Å². The summed E-state index contributed by atoms with van der Waals surface area (Å²) in [5.41, 5.74) is 0. The molecule has 4 nitrogen and oxygen atoms in total. The SMILES string of the molecule is CC(C)Cn1ncnc1CNC1CCCCCC1. The fraction of sp³-hybridized carbons (Fsp3) is 0.857. The summed E-state index contributed by atoms with van der Waals surface area (Å²) >= 11 is 0. The van der Waals surface area contributed by atoms with Gasteiger partial charge >= 0.3 is 0 Å². The van der Waals surface area contributed by atoms with E-state index in [4.69, 9.17) is 0 Å². The minimum Gasteiger partial charge on any atom is -0.307 e. The Balaban J connectivity index is 1.83. The van der Waals surface area contributed by atoms with Crippen LogP contribution in [0.3, 0.4) is 0 Å². The van der Waals surface area contributed by atoms with Gasteiger partial charge in [-0.15, -0.1) is 0 Å². The highest BCUT2D eigenvalue weighted by molar-refractivity contribution is 4.85. The number of nitrogens with zero attached hydrogens (tertiary/aromatic N) is 3. The molecule has 0 bridgehead atoms. The van der Waals surface area contributed by atoms with Crippen molar-refractivity contribution in [2.24, 2.45) is 5.92 Å². The number of hydrogen-bond acceptors (Lipinski definition) is 3. The summed E-state index contributed by atoms with van der Waals surface area (Å²) < 4.78 is 2.04. The molecule has 1 aliphatic rings. The molecule has 1 heterocycles. The molecular weight excluding hydrogens is 224 g/mol. The van der Waals surface area contributed by atoms with Crippen LogP contribution < -0.4 is 5.32 Å². The summed E-state index contributed by atoms with van der Waals surface area (Å²) in [7, 11) is 0. The molecule has 1 N–H and O–H groups in total. The molecule has 102 valence electrons. The van der Waals surface area contributed by atoms with Crippen molar-refractivity contribution in [3.05, 3.63) is 12.2 Å². The van der Waals surface area contributed by atoms with Crippen LogP contribution in [-0.4, -0.2) is 20.8 Å². The van der Waals surface area contributed by atoms with Crippen LogP contribution in [0.5, 0.6) is 0 Å². The Morgan fingerprint density at radius 1 is 1.28 bits per heavy atom. The molecular formula is C14H26N4. The highest BCUT2D eigenvalue weighted by atomic mass is 15.3. The monoisotopic (exact) mass is 250 g/mol. The predicted molar refractivity (Wildman–Crippen MR) is 73.2 cm³/mol. The standard InChI is InChI=1S/C14H26N4/c1-12(2)10-18-14(16-11-17-18)9-15-13-7-5-3-4-6-8-13/h11-13,15H,3-10H2,1-2H3. The smallest absolute Gasteiger partial charge is 0.140 e. The van der Waals surface area contributed by atoms with Crippen LogP contribution in [0.2, 0.25) is 0 Å². The van der Waals surface area contributed by atoms with Crippen LogP contribution in [0.25, 0.3) is 0 Å². The minimum absolute atomic E-state index is 0.614. The zero-order valence-electron chi connectivity index (χ0n) is 11.7. The summed E-state index contributed by atoms with van der Waals surface area (Å²) in [5.74, 6) is 1.69. The van der Waals surface area contributed by atoms with Gasteiger partial charge in [0, 0.05) is 12.6 Å². The fourth-order valence-corrected chi connectivity index (χ4v) is 2.64. The molecule has 1 aromatic heterocycles. The third kappa shape index (κ3) is 4.09. The van der Waals surface area contributed by atoms with E-state index in [0.717, 1.165) is 18.9 Å². The summed E-state index contributed by atoms with van der Waals surface area (Å²) in [6.45, 7) is 6.24. The van der Waals surface area contributed by atoms with E-state index in [2.05, 4.69) is 29.2 Å². The van der Waals surface area contributed by atoms with Crippen molar-refractivity contribution in [2.45, 2.75) is 71.5 Å². The first-order valence-electron chi connectivity index (χ1n) is 7.36. The molecule has 0 radical (unpaired) electrons. The average molecular weight is 250 g/mol. The van der Waals surface area contributed by atoms with E-state index in [1.807, 2.05) is 4.68 Å². The average Bonchev–Trinajstić information content (AvgIpc) is 2.62. The molecule has 0 atom stereocenters. The molecule has 0 aromatic carbocycles. The lowest BCUT2D eigenvalue weighted by atomic mass is 10.1. The van der Waals surface area contributed by atoms with E-state index >= 15 is 0 Å². The van der Waals surface area contributed by atoms with Crippen molar-refractivity contribution in [1.29, 1.82) is 0 Å². The third-order valence-electron chi connectivity index (χ3n) is 3.64. The first kappa shape index (κ1) is 13.5. The van der Waals surface area contributed by atoms with Crippen LogP contribution >= 0.6 is 0 Å². The molecule has 18 heavy (non-hydrogen) atoms. The van der Waals surface area contributed by atoms with Gasteiger partial charge in [0.15, 0.2) is 0 Å². The molecule has 0 saturated heterocycles. The van der Waals surface area contributed by atoms with Gasteiger partial charge in [-0.25, -0.2) is 9.67 Å². The highest BCUT2D eigenvalue weighted by Gasteiger charge is 2.13. The Kier molecular flexibility index (Phi) is 5.17. The lowest BCUT2D eigenvalue weighted by Gasteiger charge is -2.16. The number of hydrogen-bond donors (Lipinski definition) is 1. The zero-order valence-corrected chi connectivity index (χ0v) is 11.7. The van der Waals surface area contributed by atoms with E-state index in [1.165, 1.54) is 38.5 Å². The summed E-state index contributed by atoms with van der Waals surface area (Å²) in [6, 6.07) is 0.678. The molecule has 4 heteroatoms. The van der Waals surface area contributed by atoms with E-state index in [9.17, 15) is 0 Å². The highest BCUT2D eigenvalue weighted by Crippen LogP contribution is 2.17. The molecule has 0 unspecified atom stereocenters. The Labute approximate surface area is 110 Å². The van der Waals surface area contributed by atoms with Crippen LogP contribution in [-0.2, 0) is 13.1 Å². The van der Waals surface area contributed by atoms with Crippen molar-refractivity contribution in [3.8, 4) is 0 Å². The second-order valence-electron chi connectivity index (χ2n) is 5.82. The van der Waals surface area contributed by atoms with Crippen molar-refractivity contribution in [2.75, 3.05) is 0 Å². The van der Waals surface area contributed by atoms with E-state index in [0.29, 0.717) is 12.0 Å². The quantitative estimate of drug-likeness (QED) is 0.817. The Bertz CT molecular complexity index is 337. The van der Waals surface area contributed by atoms with Crippen LogP contribution in [0.4, 0.5) is 0 Å². The Morgan fingerprint density at radius 2 is 2.00 bits per heavy atom. The van der Waals surface area contributed by atoms with Crippen LogP contribution in [0.1, 0.15) is 58.2 Å². The van der Waals surface area contributed by atoms with Gasteiger partial charge in [0.1, 0.15) is 12.2 Å². The summed E-state index contributed by atoms with van der Waals surface area (Å²) in [6.07, 6.45) is 9.86. The molecule has 0 aliphatic heterocycles. The van der Waals surface area contributed by atoms with Gasteiger partial charge in [-0.1, -0.05) is 39.5 Å². The van der Waals surface area contributed by atoms with Crippen molar-refractivity contribution in [3.63, 3.8) is 0 Å². The van der Waals surface area contributed by atoms with E-state index in [-0.39, 0.29) is 0 Å². The van der Waals surface area contributed by atoms with Gasteiger partial charge < -0.3 is 5.32 Å². The van der Waals surface area contributed by atoms with Gasteiger partial charge in [0.05, 0.1) is 6.54 Å². The van der Waals surface area contributed by atoms with Crippen LogP contribution in [0.15, 0.2) is 6.33 Å². The molecule has 1 fully saturated rings. The van der Waals surface area contributed by atoms with Gasteiger partial charge in [0.25, 0.3) is 0 Å². The normalized spacial score (nSPS) is 18.2. The van der Waals surface area contributed by atoms with Gasteiger partial charge in [-0.05, 0) is 18.8 Å². The maximum absolute atomic E-state index is 4.37. The van der Waals surface area contributed by atoms with Crippen molar-refractivity contribution >= 4 is 0 Å². The number of nitrogens with one attached hydrogen (secondary N) is 1. The number of aromatic nitrogens is 3. The lowest BCUT2D eigenvalue weighted by molar-refractivity contribution is 0.421. The Morgan fingerprint density at radius 3 is 2.67 bits per heavy atom. The van der Waals surface area contributed by atoms with Gasteiger partial charge in [-0.3, -0.25) is 0 Å². The second kappa shape index (κ2) is 6.88. The maximum atomic E-state index is 4.37. The zero-order chi connectivity index (χ0) is 12.8. The van der Waals surface area contributed by atoms with Gasteiger partial charge in [0.2, 0.25) is 0 Å². The van der Waals surface area contributed by atoms with E-state index < -0.39 is 0 Å². The first-order chi connectivity index (χ1) is 8.75. The number of rotatable bonds is 5. The molecule has 0 amide bonds. The Hall–Kier alpha value is -0.900. The predicted octanol–water partition coefficient (Wildman–Crippen LogP) is 2.75. The maximum Gasteiger partial charge on any atom is 0.140 e. The molecule has 1 saturated carbocycles. The molecule has 2 rings (SSSR count). The fourth-order valence-electron chi connectivity index (χ4n) is 2.64. The van der Waals surface area contributed by atoms with E-state index in [1.54, 1.807) is 6.33 Å². The topological polar surface area (TPSA) is 42.7 Å². The largest absolute Gasteiger partial charge is 0.307 e. The molecule has 1 aromatic rings. The van der Waals surface area contributed by atoms with Crippen molar-refractivity contribution in [1.82, 2.24) is 20.1 Å². The minimum atomic E-state index is 0.614. The molecule has 0 spiro atoms. The van der Waals surface area contributed by atoms with Gasteiger partial charge in [-0.2, -0.15) is 5.10 Å². The van der Waals surface area contributed by atoms with Crippen molar-refractivity contribution < 1.29 is 0 Å². The lowest BCUT2D eigenvalue weighted by Crippen LogP contribution is -2.29. The second-order valence-corrected chi connectivity index (χ2v) is 5.82. The third-order valence-corrected chi connectivity index (χ3v) is 3.64. The summed E-state index contributed by atoms with van der Waals surface area (Å²) in [4.78, 5) is 4.37. The first-order valence-corrected chi connectivity index (χ1v) is 7.36. The summed E-state index contributed by atoms with van der Waals surface area (Å²) in [5, 5.41) is 7.96.